The topological polar surface area (TPSA) is 84.7 Å². The van der Waals surface area contributed by atoms with Crippen molar-refractivity contribution in [1.29, 1.82) is 0 Å². The van der Waals surface area contributed by atoms with Crippen LogP contribution in [0.25, 0.3) is 0 Å². The lowest BCUT2D eigenvalue weighted by atomic mass is 9.68. The smallest absolute Gasteiger partial charge is 0.322 e. The molecule has 136 valence electrons. The number of rotatable bonds is 3. The molecule has 0 bridgehead atoms. The van der Waals surface area contributed by atoms with Crippen molar-refractivity contribution in [2.75, 3.05) is 25.5 Å². The molecule has 2 saturated carbocycles. The number of hydrogen-bond acceptors (Lipinski definition) is 5. The van der Waals surface area contributed by atoms with Crippen LogP contribution >= 0.6 is 0 Å². The summed E-state index contributed by atoms with van der Waals surface area (Å²) in [5, 5.41) is 6.99. The number of urea groups is 1. The van der Waals surface area contributed by atoms with Crippen molar-refractivity contribution in [1.82, 2.24) is 10.1 Å². The van der Waals surface area contributed by atoms with E-state index < -0.39 is 5.41 Å². The molecule has 3 fully saturated rings. The van der Waals surface area contributed by atoms with Crippen LogP contribution in [0.4, 0.5) is 10.5 Å². The Morgan fingerprint density at radius 2 is 2.12 bits per heavy atom. The standard InChI is InChI=1S/C18H25N3O4/c1-11-14(15(25-20-11)12-6-7-12)19-17(23)21-9-13-5-3-4-8-18(13,10-21)16(22)24-2/h12-13H,3-10H2,1-2H3,(H,19,23)/t13-,18-/m1/s1. The van der Waals surface area contributed by atoms with Crippen molar-refractivity contribution >= 4 is 17.7 Å². The van der Waals surface area contributed by atoms with Crippen LogP contribution in [-0.2, 0) is 9.53 Å². The van der Waals surface area contributed by atoms with Gasteiger partial charge in [-0.05, 0) is 38.5 Å². The number of amides is 2. The molecule has 0 spiro atoms. The Labute approximate surface area is 147 Å². The lowest BCUT2D eigenvalue weighted by molar-refractivity contribution is -0.156. The maximum atomic E-state index is 12.8. The fourth-order valence-electron chi connectivity index (χ4n) is 4.50. The molecule has 7 nitrogen and oxygen atoms in total. The first-order chi connectivity index (χ1) is 12.0. The monoisotopic (exact) mass is 347 g/mol. The second-order valence-electron chi connectivity index (χ2n) is 7.68. The third-order valence-corrected chi connectivity index (χ3v) is 6.07. The maximum absolute atomic E-state index is 12.8. The summed E-state index contributed by atoms with van der Waals surface area (Å²) in [6, 6.07) is -0.175. The predicted octanol–water partition coefficient (Wildman–Crippen LogP) is 3.06. The van der Waals surface area contributed by atoms with Crippen LogP contribution < -0.4 is 5.32 Å². The molecule has 3 aliphatic rings. The van der Waals surface area contributed by atoms with Gasteiger partial charge in [-0.3, -0.25) is 4.79 Å². The molecular formula is C18H25N3O4. The second kappa shape index (κ2) is 6.04. The largest absolute Gasteiger partial charge is 0.469 e. The molecule has 7 heteroatoms. The molecule has 2 amide bonds. The van der Waals surface area contributed by atoms with E-state index in [4.69, 9.17) is 9.26 Å². The Hall–Kier alpha value is -2.05. The van der Waals surface area contributed by atoms with Gasteiger partial charge in [0.2, 0.25) is 0 Å². The molecular weight excluding hydrogens is 322 g/mol. The molecule has 1 N–H and O–H groups in total. The number of nitrogens with one attached hydrogen (secondary N) is 1. The van der Waals surface area contributed by atoms with Gasteiger partial charge >= 0.3 is 12.0 Å². The third-order valence-electron chi connectivity index (χ3n) is 6.07. The van der Waals surface area contributed by atoms with Crippen molar-refractivity contribution in [2.45, 2.75) is 51.4 Å². The first kappa shape index (κ1) is 16.4. The fourth-order valence-corrected chi connectivity index (χ4v) is 4.50. The van der Waals surface area contributed by atoms with Crippen molar-refractivity contribution < 1.29 is 18.8 Å². The van der Waals surface area contributed by atoms with Gasteiger partial charge in [-0.1, -0.05) is 18.0 Å². The third kappa shape index (κ3) is 2.69. The van der Waals surface area contributed by atoms with Crippen LogP contribution in [-0.4, -0.2) is 42.3 Å². The predicted molar refractivity (Wildman–Crippen MR) is 90.2 cm³/mol. The van der Waals surface area contributed by atoms with Crippen molar-refractivity contribution in [3.05, 3.63) is 11.5 Å². The van der Waals surface area contributed by atoms with Crippen LogP contribution in [0.15, 0.2) is 4.52 Å². The van der Waals surface area contributed by atoms with E-state index in [1.165, 1.54) is 7.11 Å². The van der Waals surface area contributed by atoms with Crippen molar-refractivity contribution in [3.8, 4) is 0 Å². The number of methoxy groups -OCH3 is 1. The van der Waals surface area contributed by atoms with Crippen LogP contribution in [0.3, 0.4) is 0 Å². The van der Waals surface area contributed by atoms with Crippen LogP contribution in [0, 0.1) is 18.3 Å². The second-order valence-corrected chi connectivity index (χ2v) is 7.68. The molecule has 0 radical (unpaired) electrons. The summed E-state index contributed by atoms with van der Waals surface area (Å²) in [4.78, 5) is 27.1. The molecule has 0 unspecified atom stereocenters. The van der Waals surface area contributed by atoms with Gasteiger partial charge in [-0.25, -0.2) is 4.79 Å². The van der Waals surface area contributed by atoms with Gasteiger partial charge in [0.05, 0.1) is 12.5 Å². The van der Waals surface area contributed by atoms with E-state index in [9.17, 15) is 9.59 Å². The highest BCUT2D eigenvalue weighted by Gasteiger charge is 2.54. The summed E-state index contributed by atoms with van der Waals surface area (Å²) in [6.07, 6.45) is 6.04. The Balaban J connectivity index is 1.52. The number of anilines is 1. The molecule has 1 aromatic rings. The van der Waals surface area contributed by atoms with E-state index in [0.29, 0.717) is 30.4 Å². The SMILES string of the molecule is COC(=O)[C@@]12CCCC[C@@H]1CN(C(=O)Nc1c(C)noc1C1CC1)C2. The molecule has 1 aromatic heterocycles. The molecule has 25 heavy (non-hydrogen) atoms. The van der Waals surface area contributed by atoms with Gasteiger partial charge in [0.15, 0.2) is 5.76 Å². The number of esters is 1. The quantitative estimate of drug-likeness (QED) is 0.850. The lowest BCUT2D eigenvalue weighted by Gasteiger charge is -2.35. The summed E-state index contributed by atoms with van der Waals surface area (Å²) in [6.45, 7) is 2.87. The fraction of sp³-hybridized carbons (Fsp3) is 0.722. The highest BCUT2D eigenvalue weighted by atomic mass is 16.5. The molecule has 2 atom stereocenters. The summed E-state index contributed by atoms with van der Waals surface area (Å²) < 4.78 is 10.5. The van der Waals surface area contributed by atoms with Crippen LogP contribution in [0.1, 0.15) is 55.9 Å². The van der Waals surface area contributed by atoms with E-state index in [-0.39, 0.29) is 17.9 Å². The minimum Gasteiger partial charge on any atom is -0.469 e. The van der Waals surface area contributed by atoms with Gasteiger partial charge < -0.3 is 19.5 Å². The van der Waals surface area contributed by atoms with E-state index in [1.54, 1.807) is 4.90 Å². The number of likely N-dealkylation sites (tertiary alicyclic amines) is 1. The number of nitrogens with zero attached hydrogens (tertiary/aromatic N) is 2. The lowest BCUT2D eigenvalue weighted by Crippen LogP contribution is -2.42. The van der Waals surface area contributed by atoms with Gasteiger partial charge in [0.25, 0.3) is 0 Å². The Kier molecular flexibility index (Phi) is 3.96. The highest BCUT2D eigenvalue weighted by Crippen LogP contribution is 2.48. The van der Waals surface area contributed by atoms with E-state index in [2.05, 4.69) is 10.5 Å². The summed E-state index contributed by atoms with van der Waals surface area (Å²) in [5.74, 6) is 1.17. The zero-order valence-corrected chi connectivity index (χ0v) is 14.8. The summed E-state index contributed by atoms with van der Waals surface area (Å²) in [7, 11) is 1.44. The molecule has 2 heterocycles. The van der Waals surface area contributed by atoms with Crippen LogP contribution in [0.5, 0.6) is 0 Å². The number of fused-ring (bicyclic) bond motifs is 1. The van der Waals surface area contributed by atoms with Gasteiger partial charge in [-0.15, -0.1) is 0 Å². The van der Waals surface area contributed by atoms with E-state index >= 15 is 0 Å². The number of aryl methyl sites for hydroxylation is 1. The Bertz CT molecular complexity index is 696. The number of ether oxygens (including phenoxy) is 1. The van der Waals surface area contributed by atoms with Crippen molar-refractivity contribution in [2.24, 2.45) is 11.3 Å². The zero-order chi connectivity index (χ0) is 17.6. The van der Waals surface area contributed by atoms with Gasteiger partial charge in [-0.2, -0.15) is 0 Å². The average molecular weight is 347 g/mol. The average Bonchev–Trinajstić information content (AvgIpc) is 3.28. The summed E-state index contributed by atoms with van der Waals surface area (Å²) >= 11 is 0. The van der Waals surface area contributed by atoms with Crippen molar-refractivity contribution in [3.63, 3.8) is 0 Å². The maximum Gasteiger partial charge on any atom is 0.322 e. The molecule has 2 aliphatic carbocycles. The molecule has 1 saturated heterocycles. The summed E-state index contributed by atoms with van der Waals surface area (Å²) in [5.41, 5.74) is 0.872. The number of carbonyl (C=O) groups is 2. The van der Waals surface area contributed by atoms with Gasteiger partial charge in [0.1, 0.15) is 11.4 Å². The number of carbonyl (C=O) groups excluding carboxylic acids is 2. The highest BCUT2D eigenvalue weighted by molar-refractivity contribution is 5.92. The zero-order valence-electron chi connectivity index (χ0n) is 14.8. The molecule has 4 rings (SSSR count). The van der Waals surface area contributed by atoms with E-state index in [0.717, 1.165) is 44.3 Å². The number of hydrogen-bond donors (Lipinski definition) is 1. The first-order valence-corrected chi connectivity index (χ1v) is 9.15. The van der Waals surface area contributed by atoms with Gasteiger partial charge in [0, 0.05) is 19.0 Å². The minimum atomic E-state index is -0.534. The van der Waals surface area contributed by atoms with E-state index in [1.807, 2.05) is 6.92 Å². The first-order valence-electron chi connectivity index (χ1n) is 9.15. The van der Waals surface area contributed by atoms with Crippen LogP contribution in [0.2, 0.25) is 0 Å². The Morgan fingerprint density at radius 3 is 2.84 bits per heavy atom. The normalized spacial score (nSPS) is 28.6. The Morgan fingerprint density at radius 1 is 1.32 bits per heavy atom. The minimum absolute atomic E-state index is 0.174. The molecule has 1 aliphatic heterocycles. The molecule has 0 aromatic carbocycles. The number of aromatic nitrogens is 1.